The largest absolute Gasteiger partial charge is 0.363 e. The molecule has 0 atom stereocenters. The van der Waals surface area contributed by atoms with Crippen molar-refractivity contribution in [3.63, 3.8) is 0 Å². The van der Waals surface area contributed by atoms with E-state index in [9.17, 15) is 18.5 Å². The fourth-order valence-electron chi connectivity index (χ4n) is 3.42. The Morgan fingerprint density at radius 1 is 1.21 bits per heavy atom. The molecule has 10 nitrogen and oxygen atoms in total. The highest BCUT2D eigenvalue weighted by Gasteiger charge is 2.30. The van der Waals surface area contributed by atoms with E-state index in [1.165, 1.54) is 16.4 Å². The molecule has 2 aromatic rings. The number of aromatic nitrogens is 2. The van der Waals surface area contributed by atoms with E-state index in [-0.39, 0.29) is 10.6 Å². The number of hydrogen-bond acceptors (Lipinski definition) is 7. The molecule has 29 heavy (non-hydrogen) atoms. The van der Waals surface area contributed by atoms with Gasteiger partial charge in [0.05, 0.1) is 22.1 Å². The minimum Gasteiger partial charge on any atom is -0.363 e. The Balaban J connectivity index is 1.90. The summed E-state index contributed by atoms with van der Waals surface area (Å²) in [6.45, 7) is 5.09. The molecular weight excluding hydrogens is 396 g/mol. The number of nitro groups is 1. The second-order valence-electron chi connectivity index (χ2n) is 7.11. The zero-order chi connectivity index (χ0) is 21.2. The van der Waals surface area contributed by atoms with Crippen molar-refractivity contribution in [3.8, 4) is 0 Å². The minimum atomic E-state index is -3.77. The number of rotatable bonds is 7. The van der Waals surface area contributed by atoms with Crippen LogP contribution in [0.25, 0.3) is 0 Å². The second-order valence-corrected chi connectivity index (χ2v) is 9.05. The van der Waals surface area contributed by atoms with Crippen LogP contribution in [0, 0.1) is 10.1 Å². The van der Waals surface area contributed by atoms with Gasteiger partial charge in [0, 0.05) is 52.0 Å². The molecule has 1 aromatic carbocycles. The quantitative estimate of drug-likeness (QED) is 0.490. The normalized spacial score (nSPS) is 16.1. The Labute approximate surface area is 170 Å². The lowest BCUT2D eigenvalue weighted by atomic mass is 10.2. The van der Waals surface area contributed by atoms with Crippen LogP contribution in [0.2, 0.25) is 0 Å². The van der Waals surface area contributed by atoms with Crippen molar-refractivity contribution in [2.75, 3.05) is 45.2 Å². The third-order valence-electron chi connectivity index (χ3n) is 5.16. The molecule has 1 aliphatic heterocycles. The van der Waals surface area contributed by atoms with Gasteiger partial charge in [0.1, 0.15) is 5.69 Å². The van der Waals surface area contributed by atoms with E-state index in [2.05, 4.69) is 5.10 Å². The number of nitro benzene ring substituents is 1. The van der Waals surface area contributed by atoms with Gasteiger partial charge >= 0.3 is 0 Å². The Bertz CT molecular complexity index is 982. The molecule has 0 unspecified atom stereocenters. The first kappa shape index (κ1) is 21.2. The van der Waals surface area contributed by atoms with E-state index >= 15 is 0 Å². The molecule has 0 spiro atoms. The van der Waals surface area contributed by atoms with Gasteiger partial charge in [-0.3, -0.25) is 14.8 Å². The van der Waals surface area contributed by atoms with Gasteiger partial charge in [0.25, 0.3) is 5.69 Å². The summed E-state index contributed by atoms with van der Waals surface area (Å²) in [5.74, 6) is 0. The van der Waals surface area contributed by atoms with Crippen LogP contribution in [0.15, 0.2) is 35.4 Å². The number of aryl methyl sites for hydroxylation is 1. The maximum Gasteiger partial charge on any atom is 0.293 e. The van der Waals surface area contributed by atoms with E-state index in [0.29, 0.717) is 45.0 Å². The third kappa shape index (κ3) is 4.41. The van der Waals surface area contributed by atoms with Crippen molar-refractivity contribution in [3.05, 3.63) is 46.3 Å². The fraction of sp³-hybridized carbons (Fsp3) is 0.500. The molecule has 2 heterocycles. The summed E-state index contributed by atoms with van der Waals surface area (Å²) in [5.41, 5.74) is 1.04. The van der Waals surface area contributed by atoms with Crippen molar-refractivity contribution in [1.82, 2.24) is 19.0 Å². The summed E-state index contributed by atoms with van der Waals surface area (Å²) in [6.07, 6.45) is 1.69. The zero-order valence-electron chi connectivity index (χ0n) is 16.9. The number of piperazine rings is 1. The second kappa shape index (κ2) is 8.47. The average molecular weight is 423 g/mol. The number of nitrogens with zero attached hydrogens (tertiary/aromatic N) is 6. The topological polar surface area (TPSA) is 105 Å². The van der Waals surface area contributed by atoms with Crippen LogP contribution in [-0.2, 0) is 23.1 Å². The lowest BCUT2D eigenvalue weighted by Crippen LogP contribution is -2.47. The number of benzene rings is 1. The monoisotopic (exact) mass is 422 g/mol. The highest BCUT2D eigenvalue weighted by molar-refractivity contribution is 7.89. The molecule has 0 radical (unpaired) electrons. The molecule has 0 amide bonds. The Morgan fingerprint density at radius 3 is 2.52 bits per heavy atom. The van der Waals surface area contributed by atoms with Crippen LogP contribution in [0.4, 0.5) is 11.4 Å². The summed E-state index contributed by atoms with van der Waals surface area (Å²) in [4.78, 5) is 14.9. The highest BCUT2D eigenvalue weighted by atomic mass is 32.2. The first-order valence-corrected chi connectivity index (χ1v) is 10.9. The summed E-state index contributed by atoms with van der Waals surface area (Å²) in [7, 11) is -0.100. The van der Waals surface area contributed by atoms with Crippen LogP contribution in [0.1, 0.15) is 12.6 Å². The Kier molecular flexibility index (Phi) is 6.20. The summed E-state index contributed by atoms with van der Waals surface area (Å²) in [6, 6.07) is 5.98. The van der Waals surface area contributed by atoms with E-state index < -0.39 is 14.9 Å². The number of hydrogen-bond donors (Lipinski definition) is 0. The summed E-state index contributed by atoms with van der Waals surface area (Å²) in [5, 5.41) is 15.9. The molecule has 1 aromatic heterocycles. The predicted molar refractivity (Wildman–Crippen MR) is 109 cm³/mol. The van der Waals surface area contributed by atoms with Crippen molar-refractivity contribution < 1.29 is 13.3 Å². The average Bonchev–Trinajstić information content (AvgIpc) is 3.14. The minimum absolute atomic E-state index is 0.0514. The van der Waals surface area contributed by atoms with Crippen LogP contribution in [0.5, 0.6) is 0 Å². The summed E-state index contributed by atoms with van der Waals surface area (Å²) < 4.78 is 29.1. The van der Waals surface area contributed by atoms with Gasteiger partial charge in [-0.25, -0.2) is 8.42 Å². The third-order valence-corrected chi connectivity index (χ3v) is 7.05. The van der Waals surface area contributed by atoms with Crippen LogP contribution in [-0.4, -0.2) is 72.6 Å². The van der Waals surface area contributed by atoms with Gasteiger partial charge < -0.3 is 9.80 Å². The Morgan fingerprint density at radius 2 is 1.90 bits per heavy atom. The zero-order valence-corrected chi connectivity index (χ0v) is 17.7. The first-order valence-electron chi connectivity index (χ1n) is 9.43. The maximum atomic E-state index is 12.9. The lowest BCUT2D eigenvalue weighted by Gasteiger charge is -2.31. The lowest BCUT2D eigenvalue weighted by molar-refractivity contribution is -0.384. The standard InChI is InChI=1S/C18H26N6O4S/c1-4-23-15(7-8-19-23)14-21(3)17-6-5-16(13-18(17)24(25)26)29(27,28)22-11-9-20(2)10-12-22/h5-8,13H,4,9-12,14H2,1-3H3. The molecule has 1 aliphatic rings. The van der Waals surface area contributed by atoms with E-state index in [0.717, 1.165) is 11.8 Å². The van der Waals surface area contributed by atoms with E-state index in [4.69, 9.17) is 0 Å². The van der Waals surface area contributed by atoms with Gasteiger partial charge in [-0.05, 0) is 32.2 Å². The molecule has 11 heteroatoms. The van der Waals surface area contributed by atoms with Gasteiger partial charge in [-0.1, -0.05) is 0 Å². The molecule has 158 valence electrons. The van der Waals surface area contributed by atoms with E-state index in [1.54, 1.807) is 18.1 Å². The molecule has 0 aliphatic carbocycles. The number of anilines is 1. The van der Waals surface area contributed by atoms with Crippen LogP contribution < -0.4 is 4.90 Å². The van der Waals surface area contributed by atoms with Gasteiger partial charge in [0.2, 0.25) is 10.0 Å². The molecule has 1 saturated heterocycles. The number of sulfonamides is 1. The molecule has 0 bridgehead atoms. The molecule has 0 N–H and O–H groups in total. The van der Waals surface area contributed by atoms with Gasteiger partial charge in [-0.15, -0.1) is 0 Å². The van der Waals surface area contributed by atoms with Crippen molar-refractivity contribution in [1.29, 1.82) is 0 Å². The van der Waals surface area contributed by atoms with E-state index in [1.807, 2.05) is 29.6 Å². The maximum absolute atomic E-state index is 12.9. The molecule has 0 saturated carbocycles. The fourth-order valence-corrected chi connectivity index (χ4v) is 4.86. The molecule has 1 fully saturated rings. The first-order chi connectivity index (χ1) is 13.7. The predicted octanol–water partition coefficient (Wildman–Crippen LogP) is 1.38. The van der Waals surface area contributed by atoms with Gasteiger partial charge in [0.15, 0.2) is 0 Å². The van der Waals surface area contributed by atoms with Crippen LogP contribution >= 0.6 is 0 Å². The smallest absolute Gasteiger partial charge is 0.293 e. The molecular formula is C18H26N6O4S. The van der Waals surface area contributed by atoms with Crippen LogP contribution in [0.3, 0.4) is 0 Å². The SMILES string of the molecule is CCn1nccc1CN(C)c1ccc(S(=O)(=O)N2CCN(C)CC2)cc1[N+](=O)[O-]. The van der Waals surface area contributed by atoms with Gasteiger partial charge in [-0.2, -0.15) is 9.40 Å². The number of likely N-dealkylation sites (N-methyl/N-ethyl adjacent to an activating group) is 1. The van der Waals surface area contributed by atoms with Crippen molar-refractivity contribution in [2.24, 2.45) is 0 Å². The highest BCUT2D eigenvalue weighted by Crippen LogP contribution is 2.32. The Hall–Kier alpha value is -2.50. The summed E-state index contributed by atoms with van der Waals surface area (Å²) >= 11 is 0. The van der Waals surface area contributed by atoms with Crippen molar-refractivity contribution in [2.45, 2.75) is 24.9 Å². The van der Waals surface area contributed by atoms with Crippen molar-refractivity contribution >= 4 is 21.4 Å². The molecule has 3 rings (SSSR count).